The van der Waals surface area contributed by atoms with Gasteiger partial charge in [0.25, 0.3) is 17.8 Å². The molecule has 0 spiro atoms. The lowest BCUT2D eigenvalue weighted by molar-refractivity contribution is 0.0433. The van der Waals surface area contributed by atoms with E-state index in [1.54, 1.807) is 0 Å². The monoisotopic (exact) mass is 1030 g/mol. The molecule has 0 radical (unpaired) electrons. The zero-order valence-corrected chi connectivity index (χ0v) is 31.8. The lowest BCUT2D eigenvalue weighted by Crippen LogP contribution is -2.71. The maximum atomic E-state index is 19.6. The third-order valence-corrected chi connectivity index (χ3v) is 15.7. The Kier molecular flexibility index (Phi) is 9.52. The van der Waals surface area contributed by atoms with Crippen LogP contribution in [0, 0.1) is 122 Å². The smallest absolute Gasteiger partial charge is 0.449 e. The quantitative estimate of drug-likeness (QED) is 0.0717. The fourth-order valence-electron chi connectivity index (χ4n) is 9.13. The zero-order valence-electron chi connectivity index (χ0n) is 30.7. The van der Waals surface area contributed by atoms with Crippen LogP contribution in [0.2, 0.25) is 0 Å². The Hall–Kier alpha value is -6.11. The average Bonchev–Trinajstić information content (AvgIpc) is 3.77. The van der Waals surface area contributed by atoms with Crippen molar-refractivity contribution in [3.05, 3.63) is 156 Å². The molecule has 0 N–H and O–H groups in total. The van der Waals surface area contributed by atoms with Crippen molar-refractivity contribution in [3.63, 3.8) is 0 Å². The first kappa shape index (κ1) is 47.0. The number of benzene rings is 6. The highest BCUT2D eigenvalue weighted by Crippen LogP contribution is 2.60. The second kappa shape index (κ2) is 13.8. The fourth-order valence-corrected chi connectivity index (χ4v) is 13.6. The molecule has 0 unspecified atom stereocenters. The summed E-state index contributed by atoms with van der Waals surface area (Å²) in [7, 11) is 0. The molecule has 0 saturated heterocycles. The number of hydrogen-bond donors (Lipinski definition) is 0. The van der Waals surface area contributed by atoms with Crippen LogP contribution in [0.25, 0.3) is 33.4 Å². The second-order valence-electron chi connectivity index (χ2n) is 14.8. The Bertz CT molecular complexity index is 3110. The van der Waals surface area contributed by atoms with Gasteiger partial charge >= 0.3 is 13.5 Å². The Morgan fingerprint density at radius 1 is 0.191 bits per heavy atom. The number of fused-ring (bicyclic) bond motifs is 9. The van der Waals surface area contributed by atoms with Gasteiger partial charge in [-0.2, -0.15) is 26.3 Å². The van der Waals surface area contributed by atoms with Crippen LogP contribution in [0.5, 0.6) is 0 Å². The van der Waals surface area contributed by atoms with Crippen molar-refractivity contribution in [2.75, 3.05) is 0 Å². The number of alkyl halides is 6. The first-order valence-corrected chi connectivity index (χ1v) is 19.6. The predicted octanol–water partition coefficient (Wildman–Crippen LogP) is 11.9. The third kappa shape index (κ3) is 5.00. The Balaban J connectivity index is 1.64. The van der Waals surface area contributed by atoms with Crippen LogP contribution in [0.4, 0.5) is 122 Å². The van der Waals surface area contributed by atoms with E-state index in [2.05, 4.69) is 0 Å². The van der Waals surface area contributed by atoms with Gasteiger partial charge in [-0.15, -0.1) is 13.3 Å². The summed E-state index contributed by atoms with van der Waals surface area (Å²) in [6.07, 6.45) is 0. The lowest BCUT2D eigenvalue weighted by atomic mass is 10.0. The molecule has 68 heavy (non-hydrogen) atoms. The molecule has 6 aromatic rings. The van der Waals surface area contributed by atoms with Crippen LogP contribution in [0.15, 0.2) is 0 Å². The van der Waals surface area contributed by atoms with E-state index in [9.17, 15) is 26.3 Å². The molecule has 0 saturated carbocycles. The highest BCUT2D eigenvalue weighted by Gasteiger charge is 2.65. The van der Waals surface area contributed by atoms with Gasteiger partial charge in [-0.05, 0) is 0 Å². The summed E-state index contributed by atoms with van der Waals surface area (Å²) in [4.78, 5) is 0. The topological polar surface area (TPSA) is 0 Å². The Labute approximate surface area is 355 Å². The van der Waals surface area contributed by atoms with Crippen molar-refractivity contribution in [1.29, 1.82) is 0 Å². The minimum atomic E-state index is -10.3. The standard InChI is InChI=1S/3C13F9.Al.FH/c3*14-3-1-2-4(8(16)7(3)15)5-6(13(2,21)22)10(18)12(20)11(19)9(5)17;;/h;;;;1H/p-1. The molecule has 9 rings (SSSR count). The maximum absolute atomic E-state index is 19.6. The van der Waals surface area contributed by atoms with Crippen molar-refractivity contribution in [2.45, 2.75) is 17.8 Å². The van der Waals surface area contributed by atoms with Crippen molar-refractivity contribution in [3.8, 4) is 33.4 Å². The molecule has 29 heteroatoms. The van der Waals surface area contributed by atoms with Gasteiger partial charge in [-0.25, -0.2) is 92.2 Å². The van der Waals surface area contributed by atoms with Gasteiger partial charge in [0.1, 0.15) is 17.5 Å². The summed E-state index contributed by atoms with van der Waals surface area (Å²) in [6.45, 7) is 0. The number of rotatable bonds is 3. The second-order valence-corrected chi connectivity index (χ2v) is 18.1. The van der Waals surface area contributed by atoms with Gasteiger partial charge in [0.05, 0.1) is 16.7 Å². The molecule has 3 aliphatic carbocycles. The number of halogens is 28. The van der Waals surface area contributed by atoms with Crippen LogP contribution in [-0.4, -0.2) is 13.5 Å². The minimum Gasteiger partial charge on any atom is -0.581 e. The van der Waals surface area contributed by atoms with Crippen molar-refractivity contribution in [2.24, 2.45) is 0 Å². The first-order chi connectivity index (χ1) is 31.2. The Morgan fingerprint density at radius 2 is 0.338 bits per heavy atom. The van der Waals surface area contributed by atoms with Crippen molar-refractivity contribution in [1.82, 2.24) is 0 Å². The summed E-state index contributed by atoms with van der Waals surface area (Å²) >= 11 is -10.3. The summed E-state index contributed by atoms with van der Waals surface area (Å²) in [5.41, 5.74) is -39.2. The molecular weight excluding hydrogens is 1030 g/mol. The molecule has 0 amide bonds. The van der Waals surface area contributed by atoms with E-state index in [1.807, 2.05) is 0 Å². The predicted molar refractivity (Wildman–Crippen MR) is 170 cm³/mol. The molecule has 356 valence electrons. The number of hydrogen-bond acceptors (Lipinski definition) is 0. The molecule has 0 aliphatic heterocycles. The fraction of sp³-hybridized carbons (Fsp3) is 0.0769. The van der Waals surface area contributed by atoms with E-state index >= 15 is 95.7 Å². The molecule has 0 heterocycles. The van der Waals surface area contributed by atoms with Crippen LogP contribution >= 0.6 is 0 Å². The van der Waals surface area contributed by atoms with E-state index in [1.165, 1.54) is 0 Å². The molecule has 0 fully saturated rings. The van der Waals surface area contributed by atoms with E-state index in [0.29, 0.717) is 0 Å². The minimum absolute atomic E-state index is 2.95. The van der Waals surface area contributed by atoms with Crippen molar-refractivity contribution >= 4 is 26.8 Å². The van der Waals surface area contributed by atoms with E-state index in [-0.39, 0.29) is 0 Å². The van der Waals surface area contributed by atoms with Gasteiger partial charge in [0.15, 0.2) is 105 Å². The molecule has 3 aliphatic rings. The van der Waals surface area contributed by atoms with Crippen LogP contribution in [0.1, 0.15) is 33.4 Å². The highest BCUT2D eigenvalue weighted by atomic mass is 27.3. The molecule has 0 bridgehead atoms. The maximum Gasteiger partial charge on any atom is 0.449 e. The first-order valence-electron chi connectivity index (χ1n) is 17.4. The van der Waals surface area contributed by atoms with Crippen LogP contribution < -0.4 is 13.3 Å². The van der Waals surface area contributed by atoms with E-state index in [0.717, 1.165) is 0 Å². The van der Waals surface area contributed by atoms with Crippen LogP contribution in [-0.2, 0) is 17.8 Å². The summed E-state index contributed by atoms with van der Waals surface area (Å²) in [5.74, 6) is -94.8. The molecule has 0 atom stereocenters. The lowest BCUT2D eigenvalue weighted by Gasteiger charge is -2.40. The van der Waals surface area contributed by atoms with Gasteiger partial charge in [0, 0.05) is 50.1 Å². The third-order valence-electron chi connectivity index (χ3n) is 11.7. The largest absolute Gasteiger partial charge is 0.581 e. The molecular formula is C39AlF28-. The average molecular weight is 1030 g/mol. The molecule has 6 aromatic carbocycles. The van der Waals surface area contributed by atoms with Crippen molar-refractivity contribution < 1.29 is 122 Å². The van der Waals surface area contributed by atoms with Gasteiger partial charge in [-0.3, -0.25) is 0 Å². The van der Waals surface area contributed by atoms with Gasteiger partial charge in [-0.1, -0.05) is 0 Å². The Morgan fingerprint density at radius 3 is 0.529 bits per heavy atom. The highest BCUT2D eigenvalue weighted by molar-refractivity contribution is 7.07. The van der Waals surface area contributed by atoms with Gasteiger partial charge in [0.2, 0.25) is 0 Å². The summed E-state index contributed by atoms with van der Waals surface area (Å²) < 4.78 is 433. The van der Waals surface area contributed by atoms with E-state index in [4.69, 9.17) is 0 Å². The molecule has 0 nitrogen and oxygen atoms in total. The SMILES string of the molecule is Fc1c(F)c(F)c2c(c1F)-c1c(F)c(F)c(F)[c]([Al-]([F])([c]3c(F)c(F)c(F)c4c3C(F)(F)c3c(F)c(F)c(F)c(F)c3-4)[c]3c(F)c(F)c(F)c4c3C(F)(F)c3c(F)c(F)c(F)c(F)c3-4)c1C2(F)F. The van der Waals surface area contributed by atoms with Crippen LogP contribution in [0.3, 0.4) is 0 Å². The molecule has 0 aromatic heterocycles. The summed E-state index contributed by atoms with van der Waals surface area (Å²) in [5, 5.41) is 0. The normalized spacial score (nSPS) is 15.7. The van der Waals surface area contributed by atoms with Gasteiger partial charge < -0.3 is 3.52 Å². The van der Waals surface area contributed by atoms with E-state index < -0.39 is 234 Å². The zero-order chi connectivity index (χ0) is 50.8. The summed E-state index contributed by atoms with van der Waals surface area (Å²) in [6, 6.07) is 0.